The largest absolute Gasteiger partial charge is 0.372 e. The summed E-state index contributed by atoms with van der Waals surface area (Å²) in [7, 11) is 0. The van der Waals surface area contributed by atoms with Crippen LogP contribution in [0.3, 0.4) is 0 Å². The minimum atomic E-state index is -0.170. The van der Waals surface area contributed by atoms with Crippen LogP contribution in [0.25, 0.3) is 0 Å². The van der Waals surface area contributed by atoms with Gasteiger partial charge in [-0.25, -0.2) is 0 Å². The molecular weight excluding hydrogens is 404 g/mol. The van der Waals surface area contributed by atoms with Gasteiger partial charge in [0.25, 0.3) is 0 Å². The molecule has 1 heterocycles. The standard InChI is InChI=1S/C30H32N2O/c1-19-9-11-20(12-10-19)22-17-26-28(27(33)18-22)29(32-25-8-6-5-7-24(25)31-26)21-13-15-23(16-14-21)30(2,3)4/h5-16,22,29,31-32H,17-18H2,1-4H3. The van der Waals surface area contributed by atoms with Crippen molar-refractivity contribution < 1.29 is 4.79 Å². The highest BCUT2D eigenvalue weighted by atomic mass is 16.1. The van der Waals surface area contributed by atoms with Crippen molar-refractivity contribution in [3.05, 3.63) is 106 Å². The number of aryl methyl sites for hydroxylation is 1. The molecule has 168 valence electrons. The molecule has 2 aliphatic rings. The normalized spacial score (nSPS) is 20.3. The summed E-state index contributed by atoms with van der Waals surface area (Å²) in [6, 6.07) is 25.4. The van der Waals surface area contributed by atoms with Gasteiger partial charge >= 0.3 is 0 Å². The van der Waals surface area contributed by atoms with E-state index in [1.165, 1.54) is 16.7 Å². The zero-order valence-electron chi connectivity index (χ0n) is 19.9. The SMILES string of the molecule is Cc1ccc(C2CC(=O)C3=C(C2)Nc2ccccc2NC3c2ccc(C(C)(C)C)cc2)cc1. The third-order valence-electron chi connectivity index (χ3n) is 6.97. The molecule has 0 radical (unpaired) electrons. The van der Waals surface area contributed by atoms with Gasteiger partial charge in [0, 0.05) is 17.7 Å². The molecule has 0 aromatic heterocycles. The lowest BCUT2D eigenvalue weighted by atomic mass is 9.78. The number of nitrogens with one attached hydrogen (secondary N) is 2. The van der Waals surface area contributed by atoms with Crippen LogP contribution in [-0.4, -0.2) is 5.78 Å². The molecule has 0 fully saturated rings. The summed E-state index contributed by atoms with van der Waals surface area (Å²) in [5.74, 6) is 0.415. The van der Waals surface area contributed by atoms with Crippen LogP contribution in [0.4, 0.5) is 11.4 Å². The van der Waals surface area contributed by atoms with Crippen LogP contribution in [-0.2, 0) is 10.2 Å². The minimum absolute atomic E-state index is 0.0932. The summed E-state index contributed by atoms with van der Waals surface area (Å²) >= 11 is 0. The Morgan fingerprint density at radius 2 is 1.42 bits per heavy atom. The van der Waals surface area contributed by atoms with Crippen LogP contribution in [0.5, 0.6) is 0 Å². The summed E-state index contributed by atoms with van der Waals surface area (Å²) in [4.78, 5) is 13.7. The van der Waals surface area contributed by atoms with Crippen molar-refractivity contribution in [3.63, 3.8) is 0 Å². The van der Waals surface area contributed by atoms with Crippen molar-refractivity contribution >= 4 is 17.2 Å². The Kier molecular flexibility index (Phi) is 5.36. The molecule has 3 aromatic carbocycles. The average Bonchev–Trinajstić information content (AvgIpc) is 2.96. The maximum Gasteiger partial charge on any atom is 0.163 e. The van der Waals surface area contributed by atoms with Gasteiger partial charge in [0.05, 0.1) is 17.4 Å². The van der Waals surface area contributed by atoms with Crippen molar-refractivity contribution in [2.45, 2.75) is 57.9 Å². The zero-order chi connectivity index (χ0) is 23.2. The number of ketones is 1. The number of carbonyl (C=O) groups is 1. The molecule has 0 bridgehead atoms. The molecule has 0 saturated carbocycles. The highest BCUT2D eigenvalue weighted by Gasteiger charge is 2.36. The fraction of sp³-hybridized carbons (Fsp3) is 0.300. The first-order valence-corrected chi connectivity index (χ1v) is 11.9. The monoisotopic (exact) mass is 436 g/mol. The van der Waals surface area contributed by atoms with Gasteiger partial charge < -0.3 is 10.6 Å². The Bertz CT molecular complexity index is 1210. The second-order valence-corrected chi connectivity index (χ2v) is 10.5. The molecule has 0 spiro atoms. The van der Waals surface area contributed by atoms with Gasteiger partial charge in [-0.2, -0.15) is 0 Å². The van der Waals surface area contributed by atoms with E-state index in [-0.39, 0.29) is 23.2 Å². The van der Waals surface area contributed by atoms with Crippen molar-refractivity contribution in [2.75, 3.05) is 10.6 Å². The summed E-state index contributed by atoms with van der Waals surface area (Å²) < 4.78 is 0. The number of hydrogen-bond acceptors (Lipinski definition) is 3. The minimum Gasteiger partial charge on any atom is -0.372 e. The fourth-order valence-corrected chi connectivity index (χ4v) is 4.99. The molecule has 2 atom stereocenters. The number of fused-ring (bicyclic) bond motifs is 1. The Hall–Kier alpha value is -3.33. The Morgan fingerprint density at radius 3 is 2.09 bits per heavy atom. The lowest BCUT2D eigenvalue weighted by Gasteiger charge is -2.30. The lowest BCUT2D eigenvalue weighted by molar-refractivity contribution is -0.116. The van der Waals surface area contributed by atoms with E-state index in [4.69, 9.17) is 0 Å². The second kappa shape index (κ2) is 8.22. The number of rotatable bonds is 2. The van der Waals surface area contributed by atoms with Gasteiger partial charge in [-0.3, -0.25) is 4.79 Å². The third-order valence-corrected chi connectivity index (χ3v) is 6.97. The summed E-state index contributed by atoms with van der Waals surface area (Å²) in [6.45, 7) is 8.77. The van der Waals surface area contributed by atoms with Crippen LogP contribution in [0.2, 0.25) is 0 Å². The number of allylic oxidation sites excluding steroid dienone is 1. The topological polar surface area (TPSA) is 41.1 Å². The molecule has 2 unspecified atom stereocenters. The van der Waals surface area contributed by atoms with Crippen molar-refractivity contribution in [1.29, 1.82) is 0 Å². The molecule has 3 nitrogen and oxygen atoms in total. The third kappa shape index (κ3) is 4.20. The predicted octanol–water partition coefficient (Wildman–Crippen LogP) is 7.27. The van der Waals surface area contributed by atoms with Crippen LogP contribution in [0, 0.1) is 6.92 Å². The Labute approximate surface area is 196 Å². The average molecular weight is 437 g/mol. The number of carbonyl (C=O) groups excluding carboxylic acids is 1. The summed E-state index contributed by atoms with van der Waals surface area (Å²) in [6.07, 6.45) is 1.37. The maximum atomic E-state index is 13.7. The van der Waals surface area contributed by atoms with Gasteiger partial charge in [0.15, 0.2) is 5.78 Å². The molecule has 5 rings (SSSR count). The van der Waals surface area contributed by atoms with Crippen molar-refractivity contribution in [3.8, 4) is 0 Å². The summed E-state index contributed by atoms with van der Waals surface area (Å²) in [5, 5.41) is 7.32. The second-order valence-electron chi connectivity index (χ2n) is 10.5. The van der Waals surface area contributed by atoms with E-state index in [9.17, 15) is 4.79 Å². The van der Waals surface area contributed by atoms with Gasteiger partial charge in [0.2, 0.25) is 0 Å². The predicted molar refractivity (Wildman–Crippen MR) is 137 cm³/mol. The molecule has 3 aromatic rings. The number of Topliss-reactive ketones (excluding diaryl/α,β-unsaturated/α-hetero) is 1. The van der Waals surface area contributed by atoms with E-state index in [0.717, 1.165) is 34.6 Å². The van der Waals surface area contributed by atoms with Crippen molar-refractivity contribution in [2.24, 2.45) is 0 Å². The van der Waals surface area contributed by atoms with Crippen LogP contribution in [0.15, 0.2) is 84.1 Å². The number of benzene rings is 3. The van der Waals surface area contributed by atoms with Crippen LogP contribution in [0.1, 0.15) is 67.8 Å². The van der Waals surface area contributed by atoms with E-state index in [2.05, 4.69) is 99.0 Å². The maximum absolute atomic E-state index is 13.7. The van der Waals surface area contributed by atoms with Gasteiger partial charge in [0.1, 0.15) is 0 Å². The Morgan fingerprint density at radius 1 is 0.788 bits per heavy atom. The summed E-state index contributed by atoms with van der Waals surface area (Å²) in [5.41, 5.74) is 8.95. The fourth-order valence-electron chi connectivity index (χ4n) is 4.99. The highest BCUT2D eigenvalue weighted by molar-refractivity contribution is 6.01. The van der Waals surface area contributed by atoms with Gasteiger partial charge in [-0.15, -0.1) is 0 Å². The smallest absolute Gasteiger partial charge is 0.163 e. The first-order valence-electron chi connectivity index (χ1n) is 11.9. The number of para-hydroxylation sites is 2. The molecule has 3 heteroatoms. The molecule has 0 amide bonds. The van der Waals surface area contributed by atoms with Crippen molar-refractivity contribution in [1.82, 2.24) is 0 Å². The quantitative estimate of drug-likeness (QED) is 0.444. The molecular formula is C30H32N2O. The molecule has 0 saturated heterocycles. The van der Waals surface area contributed by atoms with Crippen LogP contribution >= 0.6 is 0 Å². The molecule has 1 aliphatic carbocycles. The van der Waals surface area contributed by atoms with E-state index in [1.54, 1.807) is 0 Å². The highest BCUT2D eigenvalue weighted by Crippen LogP contribution is 2.44. The van der Waals surface area contributed by atoms with E-state index in [1.807, 2.05) is 12.1 Å². The van der Waals surface area contributed by atoms with Gasteiger partial charge in [-0.1, -0.05) is 87.0 Å². The number of hydrogen-bond donors (Lipinski definition) is 2. The molecule has 2 N–H and O–H groups in total. The van der Waals surface area contributed by atoms with Gasteiger partial charge in [-0.05, 0) is 53.5 Å². The van der Waals surface area contributed by atoms with E-state index < -0.39 is 0 Å². The zero-order valence-corrected chi connectivity index (χ0v) is 19.9. The first-order chi connectivity index (χ1) is 15.8. The molecule has 33 heavy (non-hydrogen) atoms. The molecule has 1 aliphatic heterocycles. The van der Waals surface area contributed by atoms with E-state index in [0.29, 0.717) is 6.42 Å². The first kappa shape index (κ1) is 21.5. The van der Waals surface area contributed by atoms with Crippen LogP contribution < -0.4 is 10.6 Å². The number of anilines is 2. The Balaban J connectivity index is 1.57. The van der Waals surface area contributed by atoms with E-state index >= 15 is 0 Å². The lowest BCUT2D eigenvalue weighted by Crippen LogP contribution is -2.27.